The standard InChI is InChI=1S/C10H21NO3/c1-5-11(6-2,7-3)9(4)8-14-10(12)13/h9H,5-8H2,1-4H3/p+1. The first-order chi connectivity index (χ1) is 6.52. The van der Waals surface area contributed by atoms with Crippen LogP contribution in [0.2, 0.25) is 0 Å². The van der Waals surface area contributed by atoms with Crippen LogP contribution in [0.15, 0.2) is 0 Å². The van der Waals surface area contributed by atoms with Crippen molar-refractivity contribution in [3.8, 4) is 0 Å². The number of ether oxygens (including phenoxy) is 1. The summed E-state index contributed by atoms with van der Waals surface area (Å²) >= 11 is 0. The predicted octanol–water partition coefficient (Wildman–Crippen LogP) is 1.95. The van der Waals surface area contributed by atoms with E-state index >= 15 is 0 Å². The van der Waals surface area contributed by atoms with E-state index in [1.165, 1.54) is 0 Å². The largest absolute Gasteiger partial charge is 0.505 e. The van der Waals surface area contributed by atoms with Crippen molar-refractivity contribution in [1.29, 1.82) is 0 Å². The maximum absolute atomic E-state index is 10.3. The Hall–Kier alpha value is -0.770. The van der Waals surface area contributed by atoms with E-state index in [-0.39, 0.29) is 12.6 Å². The number of carboxylic acid groups (broad SMARTS) is 1. The zero-order chi connectivity index (χ0) is 11.2. The minimum absolute atomic E-state index is 0.228. The van der Waals surface area contributed by atoms with Crippen LogP contribution in [0.3, 0.4) is 0 Å². The molecule has 1 unspecified atom stereocenters. The Balaban J connectivity index is 4.28. The molecule has 0 radical (unpaired) electrons. The number of nitrogens with zero attached hydrogens (tertiary/aromatic N) is 1. The van der Waals surface area contributed by atoms with Crippen molar-refractivity contribution in [3.05, 3.63) is 0 Å². The first kappa shape index (κ1) is 13.2. The topological polar surface area (TPSA) is 46.5 Å². The average Bonchev–Trinajstić information content (AvgIpc) is 2.18. The molecule has 4 nitrogen and oxygen atoms in total. The smallest absolute Gasteiger partial charge is 0.450 e. The van der Waals surface area contributed by atoms with Crippen molar-refractivity contribution in [3.63, 3.8) is 0 Å². The Labute approximate surface area is 86.1 Å². The highest BCUT2D eigenvalue weighted by atomic mass is 16.7. The molecular weight excluding hydrogens is 182 g/mol. The van der Waals surface area contributed by atoms with Crippen LogP contribution in [0.5, 0.6) is 0 Å². The van der Waals surface area contributed by atoms with Crippen LogP contribution in [0.4, 0.5) is 4.79 Å². The maximum atomic E-state index is 10.3. The molecule has 0 aliphatic rings. The second-order valence-corrected chi connectivity index (χ2v) is 3.59. The molecule has 0 aliphatic heterocycles. The van der Waals surface area contributed by atoms with Gasteiger partial charge in [0.1, 0.15) is 12.6 Å². The molecule has 0 amide bonds. The monoisotopic (exact) mass is 204 g/mol. The molecule has 0 aromatic rings. The molecule has 0 aromatic heterocycles. The van der Waals surface area contributed by atoms with Gasteiger partial charge in [0.2, 0.25) is 0 Å². The van der Waals surface area contributed by atoms with Crippen LogP contribution in [-0.2, 0) is 4.74 Å². The van der Waals surface area contributed by atoms with E-state index in [0.29, 0.717) is 0 Å². The van der Waals surface area contributed by atoms with Crippen LogP contribution in [0.25, 0.3) is 0 Å². The zero-order valence-electron chi connectivity index (χ0n) is 9.62. The van der Waals surface area contributed by atoms with Crippen molar-refractivity contribution in [1.82, 2.24) is 0 Å². The van der Waals surface area contributed by atoms with E-state index in [9.17, 15) is 4.79 Å². The van der Waals surface area contributed by atoms with Gasteiger partial charge in [0.25, 0.3) is 0 Å². The van der Waals surface area contributed by atoms with Gasteiger partial charge in [-0.3, -0.25) is 0 Å². The Morgan fingerprint density at radius 1 is 1.29 bits per heavy atom. The number of hydrogen-bond donors (Lipinski definition) is 1. The quantitative estimate of drug-likeness (QED) is 0.531. The van der Waals surface area contributed by atoms with Crippen LogP contribution in [-0.4, -0.2) is 48.0 Å². The van der Waals surface area contributed by atoms with Gasteiger partial charge in [-0.15, -0.1) is 0 Å². The van der Waals surface area contributed by atoms with Gasteiger partial charge in [0, 0.05) is 0 Å². The molecule has 14 heavy (non-hydrogen) atoms. The van der Waals surface area contributed by atoms with E-state index in [1.54, 1.807) is 0 Å². The van der Waals surface area contributed by atoms with Crippen molar-refractivity contribution < 1.29 is 19.1 Å². The average molecular weight is 204 g/mol. The molecule has 0 aromatic carbocycles. The van der Waals surface area contributed by atoms with Gasteiger partial charge in [-0.05, 0) is 27.7 Å². The fourth-order valence-corrected chi connectivity index (χ4v) is 1.96. The summed E-state index contributed by atoms with van der Waals surface area (Å²) in [5.41, 5.74) is 0. The molecule has 0 heterocycles. The summed E-state index contributed by atoms with van der Waals surface area (Å²) in [5.74, 6) is 0. The summed E-state index contributed by atoms with van der Waals surface area (Å²) in [6.07, 6.45) is -1.18. The Kier molecular flexibility index (Phi) is 5.53. The number of likely N-dealkylation sites (N-methyl/N-ethyl adjacent to an activating group) is 1. The fourth-order valence-electron chi connectivity index (χ4n) is 1.96. The normalized spacial score (nSPS) is 13.7. The molecule has 0 bridgehead atoms. The molecule has 1 atom stereocenters. The summed E-state index contributed by atoms with van der Waals surface area (Å²) < 4.78 is 5.53. The van der Waals surface area contributed by atoms with Gasteiger partial charge in [0.15, 0.2) is 0 Å². The van der Waals surface area contributed by atoms with Crippen molar-refractivity contribution in [2.45, 2.75) is 33.7 Å². The summed E-state index contributed by atoms with van der Waals surface area (Å²) in [6, 6.07) is 0.228. The first-order valence-corrected chi connectivity index (χ1v) is 5.23. The van der Waals surface area contributed by atoms with Crippen molar-refractivity contribution in [2.75, 3.05) is 26.2 Å². The van der Waals surface area contributed by atoms with Crippen molar-refractivity contribution >= 4 is 6.16 Å². The van der Waals surface area contributed by atoms with Gasteiger partial charge in [0.05, 0.1) is 19.6 Å². The zero-order valence-corrected chi connectivity index (χ0v) is 9.62. The number of hydrogen-bond acceptors (Lipinski definition) is 2. The number of quaternary nitrogens is 1. The molecule has 0 aliphatic carbocycles. The lowest BCUT2D eigenvalue weighted by molar-refractivity contribution is -0.945. The highest BCUT2D eigenvalue weighted by Crippen LogP contribution is 2.13. The maximum Gasteiger partial charge on any atom is 0.505 e. The lowest BCUT2D eigenvalue weighted by Crippen LogP contribution is -2.55. The van der Waals surface area contributed by atoms with E-state index in [4.69, 9.17) is 5.11 Å². The van der Waals surface area contributed by atoms with E-state index in [2.05, 4.69) is 25.5 Å². The summed E-state index contributed by atoms with van der Waals surface area (Å²) in [5, 5.41) is 8.42. The Morgan fingerprint density at radius 3 is 2.00 bits per heavy atom. The van der Waals surface area contributed by atoms with Crippen LogP contribution < -0.4 is 0 Å². The molecular formula is C10H22NO3+. The van der Waals surface area contributed by atoms with Crippen LogP contribution >= 0.6 is 0 Å². The van der Waals surface area contributed by atoms with Crippen LogP contribution in [0, 0.1) is 0 Å². The Bertz CT molecular complexity index is 170. The lowest BCUT2D eigenvalue weighted by atomic mass is 10.2. The fraction of sp³-hybridized carbons (Fsp3) is 0.900. The molecule has 84 valence electrons. The van der Waals surface area contributed by atoms with Gasteiger partial charge in [-0.2, -0.15) is 0 Å². The lowest BCUT2D eigenvalue weighted by Gasteiger charge is -2.40. The van der Waals surface area contributed by atoms with E-state index < -0.39 is 6.16 Å². The van der Waals surface area contributed by atoms with E-state index in [0.717, 1.165) is 24.1 Å². The third-order valence-corrected chi connectivity index (χ3v) is 3.27. The summed E-state index contributed by atoms with van der Waals surface area (Å²) in [7, 11) is 0. The minimum atomic E-state index is -1.18. The SMILES string of the molecule is CC[N+](CC)(CC)C(C)COC(=O)O. The second-order valence-electron chi connectivity index (χ2n) is 3.59. The number of rotatable bonds is 6. The second kappa shape index (κ2) is 5.86. The molecule has 1 N–H and O–H groups in total. The van der Waals surface area contributed by atoms with Gasteiger partial charge in [-0.25, -0.2) is 4.79 Å². The van der Waals surface area contributed by atoms with Gasteiger partial charge in [-0.1, -0.05) is 0 Å². The van der Waals surface area contributed by atoms with Gasteiger partial charge < -0.3 is 14.3 Å². The predicted molar refractivity (Wildman–Crippen MR) is 55.3 cm³/mol. The minimum Gasteiger partial charge on any atom is -0.450 e. The highest BCUT2D eigenvalue weighted by molar-refractivity contribution is 5.56. The highest BCUT2D eigenvalue weighted by Gasteiger charge is 2.29. The molecule has 4 heteroatoms. The summed E-state index contributed by atoms with van der Waals surface area (Å²) in [4.78, 5) is 10.3. The molecule has 0 rings (SSSR count). The molecule has 0 fully saturated rings. The van der Waals surface area contributed by atoms with Crippen molar-refractivity contribution in [2.24, 2.45) is 0 Å². The molecule has 0 saturated carbocycles. The third-order valence-electron chi connectivity index (χ3n) is 3.27. The van der Waals surface area contributed by atoms with E-state index in [1.807, 2.05) is 6.92 Å². The van der Waals surface area contributed by atoms with Gasteiger partial charge >= 0.3 is 6.16 Å². The first-order valence-electron chi connectivity index (χ1n) is 5.23. The molecule has 0 saturated heterocycles. The third kappa shape index (κ3) is 3.18. The number of carbonyl (C=O) groups is 1. The Morgan fingerprint density at radius 2 is 1.71 bits per heavy atom. The van der Waals surface area contributed by atoms with Crippen LogP contribution in [0.1, 0.15) is 27.7 Å². The summed E-state index contributed by atoms with van der Waals surface area (Å²) in [6.45, 7) is 11.7. The molecule has 0 spiro atoms.